The summed E-state index contributed by atoms with van der Waals surface area (Å²) in [6.45, 7) is 5.39. The number of sulfone groups is 1. The molecule has 1 rings (SSSR count). The molecule has 0 amide bonds. The van der Waals surface area contributed by atoms with Crippen molar-refractivity contribution in [3.63, 3.8) is 0 Å². The number of hydrogen-bond acceptors (Lipinski definition) is 4. The van der Waals surface area contributed by atoms with Crippen molar-refractivity contribution in [2.24, 2.45) is 0 Å². The van der Waals surface area contributed by atoms with Crippen LogP contribution in [0.4, 0.5) is 0 Å². The van der Waals surface area contributed by atoms with Gasteiger partial charge in [0.25, 0.3) is 0 Å². The van der Waals surface area contributed by atoms with Crippen LogP contribution >= 0.6 is 0 Å². The molecule has 0 fully saturated rings. The van der Waals surface area contributed by atoms with Gasteiger partial charge in [-0.1, -0.05) is 0 Å². The summed E-state index contributed by atoms with van der Waals surface area (Å²) in [5.74, 6) is 0.162. The summed E-state index contributed by atoms with van der Waals surface area (Å²) in [5.41, 5.74) is 1.07. The summed E-state index contributed by atoms with van der Waals surface area (Å²) in [6.07, 6.45) is 5.00. The lowest BCUT2D eigenvalue weighted by molar-refractivity contribution is 0.559. The largest absolute Gasteiger partial charge is 0.309 e. The average Bonchev–Trinajstić information content (AvgIpc) is 2.59. The van der Waals surface area contributed by atoms with Gasteiger partial charge in [-0.25, -0.2) is 8.42 Å². The van der Waals surface area contributed by atoms with Crippen LogP contribution in [-0.2, 0) is 22.9 Å². The van der Waals surface area contributed by atoms with Crippen molar-refractivity contribution in [2.45, 2.75) is 33.0 Å². The lowest BCUT2D eigenvalue weighted by Crippen LogP contribution is -2.32. The van der Waals surface area contributed by atoms with Gasteiger partial charge in [0.1, 0.15) is 9.84 Å². The van der Waals surface area contributed by atoms with Crippen molar-refractivity contribution in [2.75, 3.05) is 12.0 Å². The molecule has 92 valence electrons. The number of nitrogens with one attached hydrogen (secondary N) is 1. The summed E-state index contributed by atoms with van der Waals surface area (Å²) in [7, 11) is -2.91. The molecule has 1 heterocycles. The molecule has 0 aromatic carbocycles. The molecule has 1 aromatic heterocycles. The van der Waals surface area contributed by atoms with Gasteiger partial charge >= 0.3 is 0 Å². The topological polar surface area (TPSA) is 64.0 Å². The Morgan fingerprint density at radius 1 is 1.56 bits per heavy atom. The summed E-state index contributed by atoms with van der Waals surface area (Å²) in [6, 6.07) is -0.0417. The first-order valence-corrected chi connectivity index (χ1v) is 7.39. The quantitative estimate of drug-likeness (QED) is 0.789. The monoisotopic (exact) mass is 245 g/mol. The Hall–Kier alpha value is -0.880. The Bertz CT molecular complexity index is 425. The van der Waals surface area contributed by atoms with Gasteiger partial charge in [-0.05, 0) is 13.8 Å². The van der Waals surface area contributed by atoms with E-state index < -0.39 is 9.84 Å². The first-order chi connectivity index (χ1) is 7.40. The Kier molecular flexibility index (Phi) is 4.49. The molecular formula is C10H19N3O2S. The minimum atomic E-state index is -2.91. The molecule has 0 bridgehead atoms. The molecule has 0 aliphatic heterocycles. The van der Waals surface area contributed by atoms with Crippen LogP contribution in [0, 0.1) is 0 Å². The second-order valence-electron chi connectivity index (χ2n) is 4.08. The summed E-state index contributed by atoms with van der Waals surface area (Å²) in [5, 5.41) is 7.31. The highest BCUT2D eigenvalue weighted by Crippen LogP contribution is 1.98. The fraction of sp³-hybridized carbons (Fsp3) is 0.700. The van der Waals surface area contributed by atoms with Gasteiger partial charge < -0.3 is 5.32 Å². The lowest BCUT2D eigenvalue weighted by atomic mass is 10.3. The molecule has 0 spiro atoms. The fourth-order valence-corrected chi connectivity index (χ4v) is 2.50. The molecule has 16 heavy (non-hydrogen) atoms. The van der Waals surface area contributed by atoms with Crippen molar-refractivity contribution in [3.8, 4) is 0 Å². The van der Waals surface area contributed by atoms with E-state index in [0.717, 1.165) is 12.1 Å². The smallest absolute Gasteiger partial charge is 0.148 e. The molecule has 0 radical (unpaired) electrons. The van der Waals surface area contributed by atoms with Gasteiger partial charge in [0, 0.05) is 37.1 Å². The summed E-state index contributed by atoms with van der Waals surface area (Å²) in [4.78, 5) is 0. The molecule has 0 aliphatic carbocycles. The van der Waals surface area contributed by atoms with Crippen LogP contribution in [0.2, 0.25) is 0 Å². The van der Waals surface area contributed by atoms with Gasteiger partial charge in [-0.2, -0.15) is 5.10 Å². The number of nitrogens with zero attached hydrogens (tertiary/aromatic N) is 2. The first kappa shape index (κ1) is 13.2. The van der Waals surface area contributed by atoms with E-state index in [-0.39, 0.29) is 11.8 Å². The maximum Gasteiger partial charge on any atom is 0.148 e. The van der Waals surface area contributed by atoms with E-state index in [0.29, 0.717) is 6.54 Å². The van der Waals surface area contributed by atoms with E-state index in [2.05, 4.69) is 10.4 Å². The summed E-state index contributed by atoms with van der Waals surface area (Å²) >= 11 is 0. The van der Waals surface area contributed by atoms with E-state index in [1.165, 1.54) is 6.26 Å². The number of rotatable bonds is 6. The standard InChI is InChI=1S/C10H19N3O2S/c1-4-13-7-10(6-12-13)5-11-9(2)8-16(3,14)15/h6-7,9,11H,4-5,8H2,1-3H3. The van der Waals surface area contributed by atoms with Crippen LogP contribution < -0.4 is 5.32 Å². The summed E-state index contributed by atoms with van der Waals surface area (Å²) < 4.78 is 23.9. The second kappa shape index (κ2) is 5.45. The SMILES string of the molecule is CCn1cc(CNC(C)CS(C)(=O)=O)cn1. The van der Waals surface area contributed by atoms with Crippen LogP contribution in [0.25, 0.3) is 0 Å². The molecule has 1 unspecified atom stereocenters. The highest BCUT2D eigenvalue weighted by atomic mass is 32.2. The van der Waals surface area contributed by atoms with Gasteiger partial charge in [-0.3, -0.25) is 4.68 Å². The second-order valence-corrected chi connectivity index (χ2v) is 6.26. The highest BCUT2D eigenvalue weighted by molar-refractivity contribution is 7.90. The fourth-order valence-electron chi connectivity index (χ4n) is 1.48. The maximum absolute atomic E-state index is 11.0. The van der Waals surface area contributed by atoms with Crippen LogP contribution in [0.3, 0.4) is 0 Å². The third kappa shape index (κ3) is 4.76. The van der Waals surface area contributed by atoms with E-state index >= 15 is 0 Å². The van der Waals surface area contributed by atoms with Gasteiger partial charge in [0.15, 0.2) is 0 Å². The third-order valence-electron chi connectivity index (χ3n) is 2.22. The molecule has 1 N–H and O–H groups in total. The molecular weight excluding hydrogens is 226 g/mol. The molecule has 0 aliphatic rings. The van der Waals surface area contributed by atoms with Crippen molar-refractivity contribution in [1.29, 1.82) is 0 Å². The lowest BCUT2D eigenvalue weighted by Gasteiger charge is -2.11. The minimum absolute atomic E-state index is 0.0417. The van der Waals surface area contributed by atoms with Crippen LogP contribution in [0.5, 0.6) is 0 Å². The zero-order valence-corrected chi connectivity index (χ0v) is 10.8. The van der Waals surface area contributed by atoms with E-state index in [1.807, 2.05) is 24.7 Å². The molecule has 5 nitrogen and oxygen atoms in total. The molecule has 6 heteroatoms. The molecule has 0 saturated carbocycles. The Labute approximate surface area is 96.8 Å². The Morgan fingerprint density at radius 3 is 2.75 bits per heavy atom. The van der Waals surface area contributed by atoms with Crippen molar-refractivity contribution in [1.82, 2.24) is 15.1 Å². The van der Waals surface area contributed by atoms with E-state index in [1.54, 1.807) is 6.20 Å². The van der Waals surface area contributed by atoms with Gasteiger partial charge in [-0.15, -0.1) is 0 Å². The molecule has 1 atom stereocenters. The third-order valence-corrected chi connectivity index (χ3v) is 3.32. The normalized spacial score (nSPS) is 13.9. The van der Waals surface area contributed by atoms with Crippen molar-refractivity contribution < 1.29 is 8.42 Å². The molecule has 0 saturated heterocycles. The number of aryl methyl sites for hydroxylation is 1. The first-order valence-electron chi connectivity index (χ1n) is 5.33. The zero-order valence-electron chi connectivity index (χ0n) is 9.97. The Morgan fingerprint density at radius 2 is 2.25 bits per heavy atom. The maximum atomic E-state index is 11.0. The van der Waals surface area contributed by atoms with Crippen LogP contribution in [0.1, 0.15) is 19.4 Å². The van der Waals surface area contributed by atoms with Crippen molar-refractivity contribution in [3.05, 3.63) is 18.0 Å². The molecule has 1 aromatic rings. The average molecular weight is 245 g/mol. The number of aromatic nitrogens is 2. The Balaban J connectivity index is 2.39. The van der Waals surface area contributed by atoms with Crippen LogP contribution in [0.15, 0.2) is 12.4 Å². The predicted molar refractivity (Wildman–Crippen MR) is 63.9 cm³/mol. The predicted octanol–water partition coefficient (Wildman–Crippen LogP) is 0.426. The van der Waals surface area contributed by atoms with E-state index in [4.69, 9.17) is 0 Å². The van der Waals surface area contributed by atoms with Crippen LogP contribution in [-0.4, -0.2) is 36.2 Å². The van der Waals surface area contributed by atoms with Gasteiger partial charge in [0.2, 0.25) is 0 Å². The zero-order chi connectivity index (χ0) is 12.2. The van der Waals surface area contributed by atoms with Gasteiger partial charge in [0.05, 0.1) is 11.9 Å². The minimum Gasteiger partial charge on any atom is -0.309 e. The van der Waals surface area contributed by atoms with E-state index in [9.17, 15) is 8.42 Å². The number of hydrogen-bond donors (Lipinski definition) is 1. The van der Waals surface area contributed by atoms with Crippen molar-refractivity contribution >= 4 is 9.84 Å². The highest BCUT2D eigenvalue weighted by Gasteiger charge is 2.09.